The molecule has 4 aromatic rings. The fourth-order valence-electron chi connectivity index (χ4n) is 4.02. The van der Waals surface area contributed by atoms with Gasteiger partial charge in [-0.1, -0.05) is 42.5 Å². The van der Waals surface area contributed by atoms with Crippen LogP contribution in [-0.2, 0) is 0 Å². The SMILES string of the molecule is O=c1c(Oc2ccc(-c3ccccc3)cc2)c(N2CCNCC2)cnn1-c1ccc([N+](=O)[O-])cc1. The van der Waals surface area contributed by atoms with E-state index in [1.807, 2.05) is 54.6 Å². The first-order valence-electron chi connectivity index (χ1n) is 11.3. The number of aromatic nitrogens is 2. The number of piperazine rings is 1. The first-order valence-corrected chi connectivity index (χ1v) is 11.3. The van der Waals surface area contributed by atoms with Crippen molar-refractivity contribution in [2.75, 3.05) is 31.1 Å². The van der Waals surface area contributed by atoms with Gasteiger partial charge >= 0.3 is 5.56 Å². The highest BCUT2D eigenvalue weighted by molar-refractivity contribution is 5.64. The third-order valence-electron chi connectivity index (χ3n) is 5.86. The van der Waals surface area contributed by atoms with Crippen LogP contribution in [0.4, 0.5) is 11.4 Å². The van der Waals surface area contributed by atoms with Crippen LogP contribution in [0, 0.1) is 10.1 Å². The van der Waals surface area contributed by atoms with Gasteiger partial charge in [-0.3, -0.25) is 14.9 Å². The van der Waals surface area contributed by atoms with Crippen molar-refractivity contribution in [1.82, 2.24) is 15.1 Å². The number of hydrogen-bond acceptors (Lipinski definition) is 7. The Balaban J connectivity index is 1.52. The maximum absolute atomic E-state index is 13.5. The molecule has 0 bridgehead atoms. The Labute approximate surface area is 201 Å². The third kappa shape index (κ3) is 4.75. The largest absolute Gasteiger partial charge is 0.449 e. The third-order valence-corrected chi connectivity index (χ3v) is 5.86. The minimum Gasteiger partial charge on any atom is -0.449 e. The molecule has 1 aliphatic rings. The zero-order valence-electron chi connectivity index (χ0n) is 18.8. The van der Waals surface area contributed by atoms with Gasteiger partial charge in [-0.15, -0.1) is 0 Å². The highest BCUT2D eigenvalue weighted by Gasteiger charge is 2.22. The van der Waals surface area contributed by atoms with Gasteiger partial charge < -0.3 is 15.0 Å². The number of hydrogen-bond donors (Lipinski definition) is 1. The molecule has 0 aliphatic carbocycles. The van der Waals surface area contributed by atoms with E-state index in [2.05, 4.69) is 15.3 Å². The van der Waals surface area contributed by atoms with E-state index in [1.54, 1.807) is 6.20 Å². The number of non-ortho nitro benzene ring substituents is 1. The molecule has 0 atom stereocenters. The predicted octanol–water partition coefficient (Wildman–Crippen LogP) is 4.01. The molecule has 1 N–H and O–H groups in total. The van der Waals surface area contributed by atoms with E-state index < -0.39 is 10.5 Å². The molecule has 1 aliphatic heterocycles. The Kier molecular flexibility index (Phi) is 6.23. The summed E-state index contributed by atoms with van der Waals surface area (Å²) in [6.07, 6.45) is 1.61. The molecule has 35 heavy (non-hydrogen) atoms. The van der Waals surface area contributed by atoms with Crippen molar-refractivity contribution >= 4 is 11.4 Å². The summed E-state index contributed by atoms with van der Waals surface area (Å²) in [5.41, 5.74) is 2.65. The molecule has 1 aromatic heterocycles. The lowest BCUT2D eigenvalue weighted by Gasteiger charge is -2.30. The number of nitro groups is 1. The molecular weight excluding hydrogens is 446 g/mol. The molecule has 3 aromatic carbocycles. The van der Waals surface area contributed by atoms with Crippen LogP contribution >= 0.6 is 0 Å². The number of anilines is 1. The van der Waals surface area contributed by atoms with Crippen molar-refractivity contribution in [3.05, 3.63) is 106 Å². The van der Waals surface area contributed by atoms with E-state index in [0.29, 0.717) is 30.2 Å². The second-order valence-electron chi connectivity index (χ2n) is 8.08. The summed E-state index contributed by atoms with van der Waals surface area (Å²) in [4.78, 5) is 26.1. The number of benzene rings is 3. The van der Waals surface area contributed by atoms with Crippen molar-refractivity contribution in [2.45, 2.75) is 0 Å². The van der Waals surface area contributed by atoms with Gasteiger partial charge in [-0.05, 0) is 35.4 Å². The van der Waals surface area contributed by atoms with Crippen LogP contribution in [-0.4, -0.2) is 40.9 Å². The molecule has 5 rings (SSSR count). The van der Waals surface area contributed by atoms with Crippen molar-refractivity contribution in [3.63, 3.8) is 0 Å². The van der Waals surface area contributed by atoms with E-state index in [1.165, 1.54) is 28.9 Å². The Bertz CT molecular complexity index is 1380. The van der Waals surface area contributed by atoms with Gasteiger partial charge in [0.1, 0.15) is 11.4 Å². The van der Waals surface area contributed by atoms with Gasteiger partial charge in [0.25, 0.3) is 5.69 Å². The molecule has 0 amide bonds. The van der Waals surface area contributed by atoms with Crippen LogP contribution < -0.4 is 20.5 Å². The summed E-state index contributed by atoms with van der Waals surface area (Å²) in [5, 5.41) is 18.6. The standard InChI is InChI=1S/C26H23N5O4/c32-26-25(35-23-12-6-20(7-13-23)19-4-2-1-3-5-19)24(29-16-14-27-15-17-29)18-28-30(26)21-8-10-22(11-9-21)31(33)34/h1-13,18,27H,14-17H2. The number of nitro benzene ring substituents is 1. The van der Waals surface area contributed by atoms with Gasteiger partial charge in [-0.2, -0.15) is 9.78 Å². The van der Waals surface area contributed by atoms with E-state index in [0.717, 1.165) is 24.2 Å². The summed E-state index contributed by atoms with van der Waals surface area (Å²) < 4.78 is 7.36. The van der Waals surface area contributed by atoms with Crippen molar-refractivity contribution in [2.24, 2.45) is 0 Å². The van der Waals surface area contributed by atoms with Gasteiger partial charge in [0.15, 0.2) is 0 Å². The summed E-state index contributed by atoms with van der Waals surface area (Å²) in [7, 11) is 0. The van der Waals surface area contributed by atoms with Gasteiger partial charge in [-0.25, -0.2) is 0 Å². The molecular formula is C26H23N5O4. The second-order valence-corrected chi connectivity index (χ2v) is 8.08. The maximum atomic E-state index is 13.5. The number of ether oxygens (including phenoxy) is 1. The van der Waals surface area contributed by atoms with Crippen LogP contribution in [0.3, 0.4) is 0 Å². The number of nitrogens with one attached hydrogen (secondary N) is 1. The molecule has 0 radical (unpaired) electrons. The summed E-state index contributed by atoms with van der Waals surface area (Å²) in [6, 6.07) is 23.2. The molecule has 0 saturated carbocycles. The van der Waals surface area contributed by atoms with Gasteiger partial charge in [0.05, 0.1) is 16.8 Å². The summed E-state index contributed by atoms with van der Waals surface area (Å²) in [5.74, 6) is 0.687. The lowest BCUT2D eigenvalue weighted by molar-refractivity contribution is -0.384. The second kappa shape index (κ2) is 9.78. The zero-order valence-corrected chi connectivity index (χ0v) is 18.8. The molecule has 1 saturated heterocycles. The summed E-state index contributed by atoms with van der Waals surface area (Å²) in [6.45, 7) is 3.01. The summed E-state index contributed by atoms with van der Waals surface area (Å²) >= 11 is 0. The first-order chi connectivity index (χ1) is 17.1. The van der Waals surface area contributed by atoms with Crippen molar-refractivity contribution < 1.29 is 9.66 Å². The quantitative estimate of drug-likeness (QED) is 0.336. The smallest absolute Gasteiger partial charge is 0.316 e. The Morgan fingerprint density at radius 2 is 1.54 bits per heavy atom. The molecule has 9 heteroatoms. The highest BCUT2D eigenvalue weighted by atomic mass is 16.6. The van der Waals surface area contributed by atoms with E-state index in [4.69, 9.17) is 4.74 Å². The molecule has 0 spiro atoms. The van der Waals surface area contributed by atoms with Crippen LogP contribution in [0.2, 0.25) is 0 Å². The van der Waals surface area contributed by atoms with Crippen LogP contribution in [0.5, 0.6) is 11.5 Å². The molecule has 0 unspecified atom stereocenters. The van der Waals surface area contributed by atoms with E-state index >= 15 is 0 Å². The minimum absolute atomic E-state index is 0.0609. The normalized spacial score (nSPS) is 13.4. The maximum Gasteiger partial charge on any atom is 0.316 e. The Morgan fingerprint density at radius 3 is 2.20 bits per heavy atom. The van der Waals surface area contributed by atoms with Crippen LogP contribution in [0.15, 0.2) is 89.9 Å². The topological polar surface area (TPSA) is 103 Å². The van der Waals surface area contributed by atoms with Gasteiger partial charge in [0.2, 0.25) is 5.75 Å². The highest BCUT2D eigenvalue weighted by Crippen LogP contribution is 2.31. The lowest BCUT2D eigenvalue weighted by atomic mass is 10.1. The molecule has 1 fully saturated rings. The first kappa shape index (κ1) is 22.3. The Morgan fingerprint density at radius 1 is 0.886 bits per heavy atom. The monoisotopic (exact) mass is 469 g/mol. The lowest BCUT2D eigenvalue weighted by Crippen LogP contribution is -2.44. The van der Waals surface area contributed by atoms with Crippen molar-refractivity contribution in [1.29, 1.82) is 0 Å². The molecule has 2 heterocycles. The average Bonchev–Trinajstić information content (AvgIpc) is 2.91. The number of rotatable bonds is 6. The van der Waals surface area contributed by atoms with Crippen molar-refractivity contribution in [3.8, 4) is 28.3 Å². The number of nitrogens with zero attached hydrogens (tertiary/aromatic N) is 4. The van der Waals surface area contributed by atoms with E-state index in [-0.39, 0.29) is 11.4 Å². The fraction of sp³-hybridized carbons (Fsp3) is 0.154. The van der Waals surface area contributed by atoms with Crippen LogP contribution in [0.1, 0.15) is 0 Å². The molecule has 9 nitrogen and oxygen atoms in total. The predicted molar refractivity (Wildman–Crippen MR) is 134 cm³/mol. The molecule has 176 valence electrons. The average molecular weight is 470 g/mol. The van der Waals surface area contributed by atoms with E-state index in [9.17, 15) is 14.9 Å². The Hall–Kier alpha value is -4.50. The zero-order chi connectivity index (χ0) is 24.2. The minimum atomic E-state index is -0.485. The van der Waals surface area contributed by atoms with Crippen LogP contribution in [0.25, 0.3) is 16.8 Å². The van der Waals surface area contributed by atoms with Gasteiger partial charge in [0, 0.05) is 38.3 Å². The fourth-order valence-corrected chi connectivity index (χ4v) is 4.02.